The summed E-state index contributed by atoms with van der Waals surface area (Å²) in [5.41, 5.74) is 0.976. The number of ether oxygens (including phenoxy) is 3. The van der Waals surface area contributed by atoms with E-state index in [1.54, 1.807) is 21.8 Å². The number of rotatable bonds is 9. The smallest absolute Gasteiger partial charge is 0.251 e. The van der Waals surface area contributed by atoms with E-state index in [4.69, 9.17) is 14.2 Å². The van der Waals surface area contributed by atoms with Crippen LogP contribution in [-0.4, -0.2) is 57.6 Å². The molecule has 0 aliphatic carbocycles. The first-order chi connectivity index (χ1) is 16.6. The molecule has 0 bridgehead atoms. The van der Waals surface area contributed by atoms with Gasteiger partial charge in [0.15, 0.2) is 11.6 Å². The van der Waals surface area contributed by atoms with E-state index in [0.29, 0.717) is 36.9 Å². The zero-order valence-corrected chi connectivity index (χ0v) is 21.0. The molecule has 0 saturated carbocycles. The number of carbonyl (C=O) groups excluding carboxylic acids is 2. The van der Waals surface area contributed by atoms with Crippen LogP contribution < -0.4 is 10.1 Å². The average molecular weight is 483 g/mol. The Morgan fingerprint density at radius 2 is 2.06 bits per heavy atom. The summed E-state index contributed by atoms with van der Waals surface area (Å²) in [6, 6.07) is 8.73. The molecule has 2 aliphatic heterocycles. The van der Waals surface area contributed by atoms with Crippen LogP contribution in [0.1, 0.15) is 39.7 Å². The molecule has 1 N–H and O–H groups in total. The number of hydrogen-bond acceptors (Lipinski definition) is 6. The van der Waals surface area contributed by atoms with Gasteiger partial charge in [0.2, 0.25) is 5.91 Å². The molecule has 35 heavy (non-hydrogen) atoms. The van der Waals surface area contributed by atoms with Crippen molar-refractivity contribution in [2.45, 2.75) is 65.5 Å². The highest BCUT2D eigenvalue weighted by molar-refractivity contribution is 5.99. The maximum absolute atomic E-state index is 13.3. The van der Waals surface area contributed by atoms with Crippen LogP contribution in [0.2, 0.25) is 0 Å². The van der Waals surface area contributed by atoms with Crippen LogP contribution in [-0.2, 0) is 25.6 Å². The third-order valence-electron chi connectivity index (χ3n) is 5.95. The fourth-order valence-electron chi connectivity index (χ4n) is 4.27. The van der Waals surface area contributed by atoms with E-state index in [9.17, 15) is 9.59 Å². The lowest BCUT2D eigenvalue weighted by Gasteiger charge is -2.28. The maximum Gasteiger partial charge on any atom is 0.251 e. The van der Waals surface area contributed by atoms with Gasteiger partial charge in [0.1, 0.15) is 23.7 Å². The first-order valence-corrected chi connectivity index (χ1v) is 12.0. The monoisotopic (exact) mass is 482 g/mol. The minimum Gasteiger partial charge on any atom is -0.459 e. The van der Waals surface area contributed by atoms with Gasteiger partial charge in [0.05, 0.1) is 19.7 Å². The van der Waals surface area contributed by atoms with E-state index in [-0.39, 0.29) is 30.4 Å². The minimum absolute atomic E-state index is 0.109. The number of amides is 2. The van der Waals surface area contributed by atoms with Crippen molar-refractivity contribution < 1.29 is 23.8 Å². The second kappa shape index (κ2) is 10.2. The molecule has 9 nitrogen and oxygen atoms in total. The summed E-state index contributed by atoms with van der Waals surface area (Å²) in [6.45, 7) is 11.0. The van der Waals surface area contributed by atoms with Crippen molar-refractivity contribution in [2.75, 3.05) is 18.5 Å². The molecule has 0 radical (unpaired) electrons. The summed E-state index contributed by atoms with van der Waals surface area (Å²) in [7, 11) is 0. The first-order valence-electron chi connectivity index (χ1n) is 12.0. The predicted octanol–water partition coefficient (Wildman–Crippen LogP) is 3.50. The molecule has 2 amide bonds. The Kier molecular flexibility index (Phi) is 7.28. The number of carbonyl (C=O) groups is 2. The second-order valence-electron chi connectivity index (χ2n) is 9.95. The number of anilines is 1. The quantitative estimate of drug-likeness (QED) is 0.588. The van der Waals surface area contributed by atoms with Crippen molar-refractivity contribution in [1.82, 2.24) is 14.7 Å². The molecule has 0 spiro atoms. The van der Waals surface area contributed by atoms with Gasteiger partial charge in [-0.3, -0.25) is 14.3 Å². The highest BCUT2D eigenvalue weighted by atomic mass is 16.7. The molecule has 4 rings (SSSR count). The normalized spacial score (nSPS) is 20.3. The molecule has 2 aromatic rings. The SMILES string of the molecule is Cc1ccccc1OC1=CC(=O)N([C@@H](CC(C)C)C(=O)Nc2ccn(C[C@@H]3COC(C)(C)O3)n2)C1. The van der Waals surface area contributed by atoms with Crippen molar-refractivity contribution in [1.29, 1.82) is 0 Å². The van der Waals surface area contributed by atoms with Crippen molar-refractivity contribution >= 4 is 17.6 Å². The maximum atomic E-state index is 13.3. The molecule has 1 fully saturated rings. The Morgan fingerprint density at radius 1 is 1.29 bits per heavy atom. The van der Waals surface area contributed by atoms with E-state index < -0.39 is 11.8 Å². The van der Waals surface area contributed by atoms with E-state index in [1.165, 1.54) is 6.08 Å². The Labute approximate surface area is 206 Å². The lowest BCUT2D eigenvalue weighted by Crippen LogP contribution is -2.46. The first kappa shape index (κ1) is 24.9. The van der Waals surface area contributed by atoms with Crippen LogP contribution in [0, 0.1) is 12.8 Å². The summed E-state index contributed by atoms with van der Waals surface area (Å²) in [5.74, 6) is 0.751. The number of nitrogens with zero attached hydrogens (tertiary/aromatic N) is 3. The standard InChI is InChI=1S/C26H34N4O5/c1-17(2)12-21(30-15-19(13-24(30)31)34-22-9-7-6-8-18(22)3)25(32)27-23-10-11-29(28-23)14-20-16-33-26(4,5)35-20/h6-11,13,17,20-21H,12,14-16H2,1-5H3,(H,27,28,32)/t20-,21+/m1/s1. The third kappa shape index (κ3) is 6.29. The summed E-state index contributed by atoms with van der Waals surface area (Å²) in [6.07, 6.45) is 3.67. The number of benzene rings is 1. The molecular formula is C26H34N4O5. The van der Waals surface area contributed by atoms with Gasteiger partial charge in [-0.15, -0.1) is 0 Å². The number of nitrogens with one attached hydrogen (secondary N) is 1. The molecule has 0 unspecified atom stereocenters. The van der Waals surface area contributed by atoms with Crippen molar-refractivity contribution in [3.63, 3.8) is 0 Å². The van der Waals surface area contributed by atoms with Gasteiger partial charge < -0.3 is 24.4 Å². The molecule has 9 heteroatoms. The number of hydrogen-bond donors (Lipinski definition) is 1. The molecule has 1 saturated heterocycles. The Hall–Kier alpha value is -3.17. The lowest BCUT2D eigenvalue weighted by molar-refractivity contribution is -0.139. The Balaban J connectivity index is 1.40. The Morgan fingerprint density at radius 3 is 2.74 bits per heavy atom. The highest BCUT2D eigenvalue weighted by Crippen LogP contribution is 2.26. The third-order valence-corrected chi connectivity index (χ3v) is 5.95. The van der Waals surface area contributed by atoms with Gasteiger partial charge >= 0.3 is 0 Å². The summed E-state index contributed by atoms with van der Waals surface area (Å²) < 4.78 is 19.1. The zero-order valence-electron chi connectivity index (χ0n) is 21.0. The van der Waals surface area contributed by atoms with E-state index in [1.807, 2.05) is 58.9 Å². The van der Waals surface area contributed by atoms with Crippen molar-refractivity contribution in [3.05, 3.63) is 53.9 Å². The van der Waals surface area contributed by atoms with Gasteiger partial charge in [-0.05, 0) is 44.7 Å². The van der Waals surface area contributed by atoms with Crippen LogP contribution in [0.3, 0.4) is 0 Å². The van der Waals surface area contributed by atoms with Crippen molar-refractivity contribution in [2.24, 2.45) is 5.92 Å². The van der Waals surface area contributed by atoms with Gasteiger partial charge in [0.25, 0.3) is 5.91 Å². The topological polar surface area (TPSA) is 94.9 Å². The molecule has 1 aromatic heterocycles. The number of aryl methyl sites for hydroxylation is 1. The molecule has 2 atom stereocenters. The van der Waals surface area contributed by atoms with Gasteiger partial charge in [-0.2, -0.15) is 5.10 Å². The number of aromatic nitrogens is 2. The van der Waals surface area contributed by atoms with Gasteiger partial charge in [-0.1, -0.05) is 32.0 Å². The number of para-hydroxylation sites is 1. The van der Waals surface area contributed by atoms with Crippen LogP contribution >= 0.6 is 0 Å². The van der Waals surface area contributed by atoms with Crippen LogP contribution in [0.4, 0.5) is 5.82 Å². The van der Waals surface area contributed by atoms with E-state index in [2.05, 4.69) is 10.4 Å². The summed E-state index contributed by atoms with van der Waals surface area (Å²) in [5, 5.41) is 7.34. The largest absolute Gasteiger partial charge is 0.459 e. The second-order valence-corrected chi connectivity index (χ2v) is 9.95. The van der Waals surface area contributed by atoms with E-state index >= 15 is 0 Å². The molecule has 188 valence electrons. The summed E-state index contributed by atoms with van der Waals surface area (Å²) >= 11 is 0. The highest BCUT2D eigenvalue weighted by Gasteiger charge is 2.35. The molecule has 3 heterocycles. The Bertz CT molecular complexity index is 1110. The fourth-order valence-corrected chi connectivity index (χ4v) is 4.27. The molecule has 2 aliphatic rings. The van der Waals surface area contributed by atoms with Crippen LogP contribution in [0.5, 0.6) is 5.75 Å². The zero-order chi connectivity index (χ0) is 25.2. The fraction of sp³-hybridized carbons (Fsp3) is 0.500. The van der Waals surface area contributed by atoms with Crippen LogP contribution in [0.15, 0.2) is 48.4 Å². The molecule has 1 aromatic carbocycles. The van der Waals surface area contributed by atoms with E-state index in [0.717, 1.165) is 5.56 Å². The summed E-state index contributed by atoms with van der Waals surface area (Å²) in [4.78, 5) is 27.7. The predicted molar refractivity (Wildman–Crippen MR) is 131 cm³/mol. The van der Waals surface area contributed by atoms with Crippen LogP contribution in [0.25, 0.3) is 0 Å². The minimum atomic E-state index is -0.644. The van der Waals surface area contributed by atoms with Crippen molar-refractivity contribution in [3.8, 4) is 5.75 Å². The molecular weight excluding hydrogens is 448 g/mol. The lowest BCUT2D eigenvalue weighted by atomic mass is 10.0. The van der Waals surface area contributed by atoms with Gasteiger partial charge in [-0.25, -0.2) is 0 Å². The average Bonchev–Trinajstić information content (AvgIpc) is 3.46. The van der Waals surface area contributed by atoms with Gasteiger partial charge in [0, 0.05) is 18.3 Å².